The molecule has 1 unspecified atom stereocenters. The van der Waals surface area contributed by atoms with E-state index in [1.54, 1.807) is 42.5 Å². The number of rotatable bonds is 6. The van der Waals surface area contributed by atoms with E-state index in [9.17, 15) is 19.8 Å². The summed E-state index contributed by atoms with van der Waals surface area (Å²) in [6.45, 7) is 0. The van der Waals surface area contributed by atoms with Gasteiger partial charge >= 0.3 is 0 Å². The van der Waals surface area contributed by atoms with Gasteiger partial charge in [0.05, 0.1) is 32.9 Å². The van der Waals surface area contributed by atoms with Gasteiger partial charge in [-0.05, 0) is 48.0 Å². The molecule has 9 heteroatoms. The van der Waals surface area contributed by atoms with Crippen molar-refractivity contribution in [1.29, 1.82) is 0 Å². The number of halogens is 1. The lowest BCUT2D eigenvalue weighted by Gasteiger charge is -2.26. The smallest absolute Gasteiger partial charge is 0.300 e. The molecule has 3 aromatic carbocycles. The fourth-order valence-electron chi connectivity index (χ4n) is 4.14. The Bertz CT molecular complexity index is 1330. The number of ketones is 1. The van der Waals surface area contributed by atoms with Gasteiger partial charge in [-0.3, -0.25) is 14.5 Å². The Kier molecular flexibility index (Phi) is 6.57. The Morgan fingerprint density at radius 1 is 0.886 bits per heavy atom. The lowest BCUT2D eigenvalue weighted by molar-refractivity contribution is -0.132. The number of hydrogen-bond acceptors (Lipinski definition) is 7. The highest BCUT2D eigenvalue weighted by molar-refractivity contribution is 6.52. The molecule has 2 N–H and O–H groups in total. The zero-order valence-corrected chi connectivity index (χ0v) is 19.9. The molecule has 35 heavy (non-hydrogen) atoms. The third-order valence-electron chi connectivity index (χ3n) is 5.71. The van der Waals surface area contributed by atoms with Crippen LogP contribution in [-0.4, -0.2) is 43.2 Å². The summed E-state index contributed by atoms with van der Waals surface area (Å²) >= 11 is 6.17. The molecule has 0 bridgehead atoms. The van der Waals surface area contributed by atoms with Gasteiger partial charge in [0.1, 0.15) is 22.8 Å². The summed E-state index contributed by atoms with van der Waals surface area (Å²) in [7, 11) is 4.23. The Morgan fingerprint density at radius 2 is 1.51 bits per heavy atom. The third kappa shape index (κ3) is 4.13. The van der Waals surface area contributed by atoms with Gasteiger partial charge in [-0.2, -0.15) is 0 Å². The molecule has 1 amide bonds. The number of aliphatic hydroxyl groups is 1. The minimum Gasteiger partial charge on any atom is -0.506 e. The molecule has 1 aliphatic heterocycles. The van der Waals surface area contributed by atoms with E-state index < -0.39 is 23.5 Å². The van der Waals surface area contributed by atoms with E-state index in [0.717, 1.165) is 0 Å². The quantitative estimate of drug-likeness (QED) is 0.290. The van der Waals surface area contributed by atoms with Gasteiger partial charge in [-0.25, -0.2) is 0 Å². The molecule has 1 heterocycles. The highest BCUT2D eigenvalue weighted by Gasteiger charge is 2.47. The number of carbonyl (C=O) groups excluding carboxylic acids is 2. The molecule has 0 aromatic heterocycles. The molecule has 3 aromatic rings. The van der Waals surface area contributed by atoms with Crippen molar-refractivity contribution in [3.8, 4) is 23.0 Å². The normalized spacial score (nSPS) is 16.9. The van der Waals surface area contributed by atoms with Gasteiger partial charge in [-0.1, -0.05) is 29.8 Å². The van der Waals surface area contributed by atoms with Gasteiger partial charge in [0, 0.05) is 10.7 Å². The first-order valence-electron chi connectivity index (χ1n) is 10.5. The summed E-state index contributed by atoms with van der Waals surface area (Å²) in [5.41, 5.74) is 0.607. The predicted octanol–water partition coefficient (Wildman–Crippen LogP) is 4.70. The van der Waals surface area contributed by atoms with Crippen molar-refractivity contribution in [1.82, 2.24) is 0 Å². The molecule has 0 saturated carbocycles. The van der Waals surface area contributed by atoms with Crippen LogP contribution in [0, 0.1) is 0 Å². The maximum atomic E-state index is 13.4. The van der Waals surface area contributed by atoms with Gasteiger partial charge in [-0.15, -0.1) is 0 Å². The summed E-state index contributed by atoms with van der Waals surface area (Å²) in [5.74, 6) is -1.78. The summed E-state index contributed by atoms with van der Waals surface area (Å²) in [6, 6.07) is 14.7. The first-order chi connectivity index (χ1) is 16.8. The van der Waals surface area contributed by atoms with Crippen LogP contribution in [-0.2, 0) is 9.59 Å². The van der Waals surface area contributed by atoms with Gasteiger partial charge < -0.3 is 24.4 Å². The molecule has 0 aliphatic carbocycles. The van der Waals surface area contributed by atoms with Crippen molar-refractivity contribution in [2.45, 2.75) is 6.04 Å². The molecule has 1 saturated heterocycles. The Morgan fingerprint density at radius 3 is 2.09 bits per heavy atom. The number of carbonyl (C=O) groups is 2. The monoisotopic (exact) mass is 495 g/mol. The van der Waals surface area contributed by atoms with E-state index in [-0.39, 0.29) is 34.1 Å². The van der Waals surface area contributed by atoms with Crippen LogP contribution in [0.3, 0.4) is 0 Å². The van der Waals surface area contributed by atoms with E-state index in [1.807, 2.05) is 0 Å². The van der Waals surface area contributed by atoms with E-state index in [2.05, 4.69) is 0 Å². The number of phenolic OH excluding ortho intramolecular Hbond substituents is 1. The second-order valence-corrected chi connectivity index (χ2v) is 8.05. The fourth-order valence-corrected chi connectivity index (χ4v) is 4.32. The molecule has 0 spiro atoms. The van der Waals surface area contributed by atoms with Crippen molar-refractivity contribution < 1.29 is 34.0 Å². The van der Waals surface area contributed by atoms with Crippen molar-refractivity contribution >= 4 is 34.7 Å². The van der Waals surface area contributed by atoms with Crippen LogP contribution in [0.4, 0.5) is 5.69 Å². The number of aromatic hydroxyl groups is 1. The SMILES string of the molecule is COc1ccc(C2/C(=C(\O)c3c(OC)cccc3OC)C(=O)C(=O)N2c2cccc(Cl)c2)cc1O. The first-order valence-corrected chi connectivity index (χ1v) is 10.8. The highest BCUT2D eigenvalue weighted by Crippen LogP contribution is 2.46. The summed E-state index contributed by atoms with van der Waals surface area (Å²) < 4.78 is 15.9. The Balaban J connectivity index is 2.03. The number of Topliss-reactive ketones (excluding diaryl/α,β-unsaturated/α-hetero) is 1. The number of benzene rings is 3. The number of methoxy groups -OCH3 is 3. The van der Waals surface area contributed by atoms with Crippen LogP contribution >= 0.6 is 11.6 Å². The van der Waals surface area contributed by atoms with Gasteiger partial charge in [0.2, 0.25) is 0 Å². The average molecular weight is 496 g/mol. The zero-order valence-electron chi connectivity index (χ0n) is 19.1. The average Bonchev–Trinajstić information content (AvgIpc) is 3.13. The zero-order chi connectivity index (χ0) is 25.3. The maximum Gasteiger partial charge on any atom is 0.300 e. The van der Waals surface area contributed by atoms with E-state index >= 15 is 0 Å². The second-order valence-electron chi connectivity index (χ2n) is 7.62. The molecule has 8 nitrogen and oxygen atoms in total. The van der Waals surface area contributed by atoms with Crippen molar-refractivity contribution in [3.63, 3.8) is 0 Å². The first kappa shape index (κ1) is 24.0. The molecule has 0 radical (unpaired) electrons. The number of nitrogens with zero attached hydrogens (tertiary/aromatic N) is 1. The molecule has 1 fully saturated rings. The molecule has 1 aliphatic rings. The van der Waals surface area contributed by atoms with Crippen LogP contribution in [0.5, 0.6) is 23.0 Å². The Labute approximate surface area is 206 Å². The van der Waals surface area contributed by atoms with Gasteiger partial charge in [0.15, 0.2) is 11.5 Å². The van der Waals surface area contributed by atoms with E-state index in [1.165, 1.54) is 44.4 Å². The fraction of sp³-hybridized carbons (Fsp3) is 0.154. The van der Waals surface area contributed by atoms with Crippen LogP contribution in [0.2, 0.25) is 5.02 Å². The lowest BCUT2D eigenvalue weighted by atomic mass is 9.94. The number of amides is 1. The topological polar surface area (TPSA) is 106 Å². The van der Waals surface area contributed by atoms with Crippen LogP contribution in [0.1, 0.15) is 17.2 Å². The van der Waals surface area contributed by atoms with Crippen molar-refractivity contribution in [2.75, 3.05) is 26.2 Å². The molecular weight excluding hydrogens is 474 g/mol. The van der Waals surface area contributed by atoms with E-state index in [4.69, 9.17) is 25.8 Å². The summed E-state index contributed by atoms with van der Waals surface area (Å²) in [4.78, 5) is 27.9. The van der Waals surface area contributed by atoms with Crippen molar-refractivity contribution in [2.24, 2.45) is 0 Å². The maximum absolute atomic E-state index is 13.4. The minimum atomic E-state index is -1.10. The summed E-state index contributed by atoms with van der Waals surface area (Å²) in [5, 5.41) is 22.3. The predicted molar refractivity (Wildman–Crippen MR) is 130 cm³/mol. The highest BCUT2D eigenvalue weighted by atomic mass is 35.5. The molecule has 4 rings (SSSR count). The number of aliphatic hydroxyl groups excluding tert-OH is 1. The number of ether oxygens (including phenoxy) is 3. The second kappa shape index (κ2) is 9.60. The van der Waals surface area contributed by atoms with Gasteiger partial charge in [0.25, 0.3) is 11.7 Å². The Hall–Kier alpha value is -4.17. The number of phenols is 1. The van der Waals surface area contributed by atoms with Crippen LogP contribution in [0.25, 0.3) is 5.76 Å². The molecular formula is C26H22ClNO7. The van der Waals surface area contributed by atoms with E-state index in [0.29, 0.717) is 16.3 Å². The van der Waals surface area contributed by atoms with Crippen molar-refractivity contribution in [3.05, 3.63) is 82.4 Å². The number of anilines is 1. The largest absolute Gasteiger partial charge is 0.506 e. The molecule has 180 valence electrons. The van der Waals surface area contributed by atoms with Crippen LogP contribution in [0.15, 0.2) is 66.2 Å². The van der Waals surface area contributed by atoms with Crippen LogP contribution < -0.4 is 19.1 Å². The number of hydrogen-bond donors (Lipinski definition) is 2. The third-order valence-corrected chi connectivity index (χ3v) is 5.95. The lowest BCUT2D eigenvalue weighted by Crippen LogP contribution is -2.29. The molecule has 1 atom stereocenters. The summed E-state index contributed by atoms with van der Waals surface area (Å²) in [6.07, 6.45) is 0. The minimum absolute atomic E-state index is 0.115. The standard InChI is InChI=1S/C26H22ClNO7/c1-33-18-11-10-14(12-17(18)29)23-22(24(30)21-19(34-2)8-5-9-20(21)35-3)25(31)26(32)28(23)16-7-4-6-15(27)13-16/h4-13,23,29-30H,1-3H3/b24-22+.